The Bertz CT molecular complexity index is 537. The molecule has 17 heavy (non-hydrogen) atoms. The molecular formula is C10H11N3O4. The van der Waals surface area contributed by atoms with Crippen LogP contribution in [0.15, 0.2) is 16.8 Å². The van der Waals surface area contributed by atoms with Crippen LogP contribution >= 0.6 is 0 Å². The van der Waals surface area contributed by atoms with Crippen molar-refractivity contribution in [3.63, 3.8) is 0 Å². The van der Waals surface area contributed by atoms with Gasteiger partial charge in [0.15, 0.2) is 11.3 Å². The molecule has 2 rings (SSSR count). The van der Waals surface area contributed by atoms with Crippen molar-refractivity contribution in [2.45, 2.75) is 19.8 Å². The first-order valence-electron chi connectivity index (χ1n) is 5.26. The van der Waals surface area contributed by atoms with Gasteiger partial charge in [-0.05, 0) is 22.8 Å². The van der Waals surface area contributed by atoms with E-state index in [0.29, 0.717) is 12.4 Å². The zero-order valence-electron chi connectivity index (χ0n) is 9.25. The molecule has 1 heterocycles. The topological polar surface area (TPSA) is 91.3 Å². The number of rotatable bonds is 5. The van der Waals surface area contributed by atoms with Gasteiger partial charge in [-0.2, -0.15) is 0 Å². The zero-order valence-corrected chi connectivity index (χ0v) is 9.25. The van der Waals surface area contributed by atoms with Crippen LogP contribution in [0.5, 0.6) is 5.75 Å². The van der Waals surface area contributed by atoms with Crippen LogP contribution in [-0.4, -0.2) is 21.8 Å². The van der Waals surface area contributed by atoms with E-state index in [4.69, 9.17) is 4.74 Å². The number of fused-ring (bicyclic) bond motifs is 1. The Kier molecular flexibility index (Phi) is 3.17. The van der Waals surface area contributed by atoms with Crippen LogP contribution < -0.4 is 4.74 Å². The highest BCUT2D eigenvalue weighted by Gasteiger charge is 2.20. The monoisotopic (exact) mass is 237 g/mol. The summed E-state index contributed by atoms with van der Waals surface area (Å²) in [6, 6.07) is 2.86. The van der Waals surface area contributed by atoms with Crippen LogP contribution in [0, 0.1) is 10.1 Å². The number of non-ortho nitro benzene ring substituents is 1. The van der Waals surface area contributed by atoms with Crippen LogP contribution in [0.4, 0.5) is 5.69 Å². The van der Waals surface area contributed by atoms with E-state index >= 15 is 0 Å². The van der Waals surface area contributed by atoms with Crippen molar-refractivity contribution in [1.82, 2.24) is 10.3 Å². The van der Waals surface area contributed by atoms with E-state index in [1.807, 2.05) is 6.92 Å². The predicted octanol–water partition coefficient (Wildman–Crippen LogP) is 2.31. The molecule has 0 saturated carbocycles. The number of aromatic nitrogens is 2. The summed E-state index contributed by atoms with van der Waals surface area (Å²) in [6.07, 6.45) is 1.91. The van der Waals surface area contributed by atoms with Crippen molar-refractivity contribution >= 4 is 16.7 Å². The maximum Gasteiger partial charge on any atom is 0.301 e. The maximum atomic E-state index is 10.7. The first kappa shape index (κ1) is 11.3. The Balaban J connectivity index is 2.36. The highest BCUT2D eigenvalue weighted by molar-refractivity contribution is 5.88. The SMILES string of the molecule is CCCCOc1ccc([N+](=O)[O-])c2nonc12. The maximum absolute atomic E-state index is 10.7. The fourth-order valence-electron chi connectivity index (χ4n) is 1.42. The standard InChI is InChI=1S/C10H11N3O4/c1-2-3-6-16-8-5-4-7(13(14)15)9-10(8)12-17-11-9/h4-5H,2-3,6H2,1H3. The van der Waals surface area contributed by atoms with Crippen molar-refractivity contribution in [2.75, 3.05) is 6.61 Å². The van der Waals surface area contributed by atoms with Crippen LogP contribution in [0.1, 0.15) is 19.8 Å². The third-order valence-electron chi connectivity index (χ3n) is 2.31. The molecule has 1 aromatic carbocycles. The Morgan fingerprint density at radius 1 is 1.41 bits per heavy atom. The molecule has 0 aliphatic rings. The smallest absolute Gasteiger partial charge is 0.301 e. The van der Waals surface area contributed by atoms with E-state index in [-0.39, 0.29) is 16.7 Å². The second kappa shape index (κ2) is 4.77. The van der Waals surface area contributed by atoms with Crippen molar-refractivity contribution in [3.05, 3.63) is 22.2 Å². The molecule has 0 radical (unpaired) electrons. The lowest BCUT2D eigenvalue weighted by atomic mass is 10.2. The number of unbranched alkanes of at least 4 members (excludes halogenated alkanes) is 1. The number of nitro groups is 1. The molecule has 0 spiro atoms. The fourth-order valence-corrected chi connectivity index (χ4v) is 1.42. The average molecular weight is 237 g/mol. The van der Waals surface area contributed by atoms with E-state index in [9.17, 15) is 10.1 Å². The van der Waals surface area contributed by atoms with Crippen molar-refractivity contribution in [3.8, 4) is 5.75 Å². The summed E-state index contributed by atoms with van der Waals surface area (Å²) in [4.78, 5) is 10.2. The molecule has 0 aliphatic carbocycles. The molecule has 0 aliphatic heterocycles. The summed E-state index contributed by atoms with van der Waals surface area (Å²) < 4.78 is 9.99. The second-order valence-electron chi connectivity index (χ2n) is 3.50. The van der Waals surface area contributed by atoms with Crippen molar-refractivity contribution < 1.29 is 14.3 Å². The number of nitrogens with zero attached hydrogens (tertiary/aromatic N) is 3. The molecule has 0 atom stereocenters. The van der Waals surface area contributed by atoms with Gasteiger partial charge in [0.1, 0.15) is 0 Å². The lowest BCUT2D eigenvalue weighted by Gasteiger charge is -2.04. The molecule has 0 unspecified atom stereocenters. The molecule has 7 nitrogen and oxygen atoms in total. The van der Waals surface area contributed by atoms with E-state index in [1.54, 1.807) is 0 Å². The van der Waals surface area contributed by atoms with Gasteiger partial charge in [0.05, 0.1) is 11.5 Å². The average Bonchev–Trinajstić information content (AvgIpc) is 2.78. The van der Waals surface area contributed by atoms with Gasteiger partial charge < -0.3 is 4.74 Å². The number of nitro benzene ring substituents is 1. The van der Waals surface area contributed by atoms with Crippen molar-refractivity contribution in [2.24, 2.45) is 0 Å². The highest BCUT2D eigenvalue weighted by Crippen LogP contribution is 2.30. The molecule has 0 bridgehead atoms. The summed E-state index contributed by atoms with van der Waals surface area (Å²) in [5, 5.41) is 17.9. The summed E-state index contributed by atoms with van der Waals surface area (Å²) in [5.41, 5.74) is 0.267. The Morgan fingerprint density at radius 2 is 2.18 bits per heavy atom. The van der Waals surface area contributed by atoms with Gasteiger partial charge in [0.2, 0.25) is 5.52 Å². The molecule has 0 N–H and O–H groups in total. The third kappa shape index (κ3) is 2.17. The lowest BCUT2D eigenvalue weighted by Crippen LogP contribution is -1.98. The van der Waals surface area contributed by atoms with Gasteiger partial charge in [-0.15, -0.1) is 0 Å². The summed E-state index contributed by atoms with van der Waals surface area (Å²) in [6.45, 7) is 2.59. The third-order valence-corrected chi connectivity index (χ3v) is 2.31. The Morgan fingerprint density at radius 3 is 2.88 bits per heavy atom. The zero-order chi connectivity index (χ0) is 12.3. The normalized spacial score (nSPS) is 10.6. The van der Waals surface area contributed by atoms with Crippen LogP contribution in [0.3, 0.4) is 0 Å². The molecule has 0 saturated heterocycles. The molecule has 90 valence electrons. The highest BCUT2D eigenvalue weighted by atomic mass is 16.6. The Hall–Kier alpha value is -2.18. The second-order valence-corrected chi connectivity index (χ2v) is 3.50. The van der Waals surface area contributed by atoms with E-state index in [1.165, 1.54) is 12.1 Å². The number of benzene rings is 1. The van der Waals surface area contributed by atoms with Gasteiger partial charge in [0, 0.05) is 6.07 Å². The van der Waals surface area contributed by atoms with Crippen LogP contribution in [-0.2, 0) is 0 Å². The van der Waals surface area contributed by atoms with E-state index in [2.05, 4.69) is 14.9 Å². The molecule has 1 aromatic heterocycles. The molecular weight excluding hydrogens is 226 g/mol. The lowest BCUT2D eigenvalue weighted by molar-refractivity contribution is -0.383. The van der Waals surface area contributed by atoms with E-state index in [0.717, 1.165) is 12.8 Å². The minimum atomic E-state index is -0.525. The van der Waals surface area contributed by atoms with Crippen molar-refractivity contribution in [1.29, 1.82) is 0 Å². The number of ether oxygens (including phenoxy) is 1. The number of hydrogen-bond donors (Lipinski definition) is 0. The summed E-state index contributed by atoms with van der Waals surface area (Å²) in [7, 11) is 0. The summed E-state index contributed by atoms with van der Waals surface area (Å²) in [5.74, 6) is 0.459. The fraction of sp³-hybridized carbons (Fsp3) is 0.400. The first-order valence-corrected chi connectivity index (χ1v) is 5.26. The minimum absolute atomic E-state index is 0.115. The quantitative estimate of drug-likeness (QED) is 0.450. The van der Waals surface area contributed by atoms with Crippen LogP contribution in [0.25, 0.3) is 11.0 Å². The van der Waals surface area contributed by atoms with Gasteiger partial charge in [0.25, 0.3) is 0 Å². The Labute approximate surface area is 96.5 Å². The molecule has 7 heteroatoms. The van der Waals surface area contributed by atoms with Gasteiger partial charge >= 0.3 is 5.69 Å². The van der Waals surface area contributed by atoms with E-state index < -0.39 is 4.92 Å². The molecule has 0 amide bonds. The van der Waals surface area contributed by atoms with Gasteiger partial charge in [-0.1, -0.05) is 13.3 Å². The van der Waals surface area contributed by atoms with Gasteiger partial charge in [-0.3, -0.25) is 10.1 Å². The molecule has 2 aromatic rings. The predicted molar refractivity (Wildman–Crippen MR) is 58.9 cm³/mol. The van der Waals surface area contributed by atoms with Gasteiger partial charge in [-0.25, -0.2) is 4.63 Å². The minimum Gasteiger partial charge on any atom is -0.491 e. The largest absolute Gasteiger partial charge is 0.491 e. The molecule has 0 fully saturated rings. The van der Waals surface area contributed by atoms with Crippen LogP contribution in [0.2, 0.25) is 0 Å². The first-order chi connectivity index (χ1) is 8.24. The number of hydrogen-bond acceptors (Lipinski definition) is 6. The summed E-state index contributed by atoms with van der Waals surface area (Å²) >= 11 is 0.